The van der Waals surface area contributed by atoms with E-state index in [2.05, 4.69) is 0 Å². The Hall–Kier alpha value is -2.37. The number of hydrogen-bond acceptors (Lipinski definition) is 3. The quantitative estimate of drug-likeness (QED) is 0.839. The Bertz CT molecular complexity index is 445. The molecule has 6 heteroatoms. The lowest BCUT2D eigenvalue weighted by atomic mass is 9.95. The number of benzene rings is 1. The monoisotopic (exact) mass is 249 g/mol. The molecule has 0 saturated carbocycles. The maximum absolute atomic E-state index is 12.1. The second-order valence-corrected chi connectivity index (χ2v) is 3.72. The smallest absolute Gasteiger partial charge is 0.329 e. The van der Waals surface area contributed by atoms with Crippen LogP contribution < -0.4 is 11.5 Å². The molecule has 5 amide bonds. The molecule has 6 nitrogen and oxygen atoms in total. The van der Waals surface area contributed by atoms with Crippen LogP contribution in [0.1, 0.15) is 24.8 Å². The predicted molar refractivity (Wildman–Crippen MR) is 65.5 cm³/mol. The Morgan fingerprint density at radius 2 is 1.61 bits per heavy atom. The van der Waals surface area contributed by atoms with E-state index in [0.717, 1.165) is 0 Å². The molecule has 0 aliphatic rings. The molecule has 1 aromatic rings. The fourth-order valence-corrected chi connectivity index (χ4v) is 1.72. The predicted octanol–water partition coefficient (Wildman–Crippen LogP) is 1.17. The maximum atomic E-state index is 12.1. The molecule has 18 heavy (non-hydrogen) atoms. The van der Waals surface area contributed by atoms with Crippen molar-refractivity contribution in [3.63, 3.8) is 0 Å². The molecule has 1 aromatic carbocycles. The van der Waals surface area contributed by atoms with E-state index in [-0.39, 0.29) is 4.90 Å². The molecule has 0 aromatic heterocycles. The number of carbonyl (C=O) groups is 3. The SMILES string of the molecule is CCC(C(=O)N(C(N)=O)C(N)=O)c1ccccc1. The van der Waals surface area contributed by atoms with Gasteiger partial charge in [0, 0.05) is 0 Å². The van der Waals surface area contributed by atoms with Gasteiger partial charge in [-0.2, -0.15) is 4.90 Å². The van der Waals surface area contributed by atoms with Crippen LogP contribution >= 0.6 is 0 Å². The number of carbonyl (C=O) groups excluding carboxylic acids is 3. The van der Waals surface area contributed by atoms with Crippen LogP contribution in [0.15, 0.2) is 30.3 Å². The molecule has 1 rings (SSSR count). The largest absolute Gasteiger partial charge is 0.351 e. The lowest BCUT2D eigenvalue weighted by Crippen LogP contribution is -2.49. The molecule has 0 radical (unpaired) electrons. The summed E-state index contributed by atoms with van der Waals surface area (Å²) in [6.45, 7) is 1.77. The van der Waals surface area contributed by atoms with E-state index in [1.54, 1.807) is 37.3 Å². The lowest BCUT2D eigenvalue weighted by Gasteiger charge is -2.20. The summed E-state index contributed by atoms with van der Waals surface area (Å²) >= 11 is 0. The van der Waals surface area contributed by atoms with E-state index in [9.17, 15) is 14.4 Å². The molecule has 0 aliphatic heterocycles. The molecule has 1 unspecified atom stereocenters. The number of rotatable bonds is 3. The van der Waals surface area contributed by atoms with Crippen molar-refractivity contribution < 1.29 is 14.4 Å². The number of imide groups is 3. The maximum Gasteiger partial charge on any atom is 0.329 e. The average Bonchev–Trinajstić information content (AvgIpc) is 2.30. The Morgan fingerprint density at radius 1 is 1.11 bits per heavy atom. The van der Waals surface area contributed by atoms with Gasteiger partial charge in [-0.25, -0.2) is 9.59 Å². The first kappa shape index (κ1) is 13.7. The Morgan fingerprint density at radius 3 is 2.00 bits per heavy atom. The van der Waals surface area contributed by atoms with Crippen molar-refractivity contribution in [1.82, 2.24) is 4.90 Å². The zero-order chi connectivity index (χ0) is 13.7. The molecular formula is C12H15N3O3. The summed E-state index contributed by atoms with van der Waals surface area (Å²) in [6, 6.07) is 6.50. The minimum Gasteiger partial charge on any atom is -0.351 e. The third-order valence-corrected chi connectivity index (χ3v) is 2.57. The number of primary amides is 2. The molecule has 0 saturated heterocycles. The topological polar surface area (TPSA) is 106 Å². The third-order valence-electron chi connectivity index (χ3n) is 2.57. The molecule has 0 fully saturated rings. The van der Waals surface area contributed by atoms with E-state index in [1.165, 1.54) is 0 Å². The molecule has 0 bridgehead atoms. The highest BCUT2D eigenvalue weighted by Crippen LogP contribution is 2.21. The minimum absolute atomic E-state index is 0.265. The molecule has 0 spiro atoms. The van der Waals surface area contributed by atoms with Crippen molar-refractivity contribution in [2.45, 2.75) is 19.3 Å². The number of urea groups is 2. The molecule has 0 aliphatic carbocycles. The van der Waals surface area contributed by atoms with Gasteiger partial charge in [-0.3, -0.25) is 4.79 Å². The zero-order valence-corrected chi connectivity index (χ0v) is 10.00. The first-order valence-corrected chi connectivity index (χ1v) is 5.46. The summed E-state index contributed by atoms with van der Waals surface area (Å²) < 4.78 is 0. The van der Waals surface area contributed by atoms with Crippen LogP contribution in [-0.4, -0.2) is 22.9 Å². The van der Waals surface area contributed by atoms with Crippen molar-refractivity contribution in [1.29, 1.82) is 0 Å². The fraction of sp³-hybridized carbons (Fsp3) is 0.250. The second kappa shape index (κ2) is 5.81. The average molecular weight is 249 g/mol. The van der Waals surface area contributed by atoms with Gasteiger partial charge in [0.05, 0.1) is 5.92 Å². The molecule has 1 atom stereocenters. The van der Waals surface area contributed by atoms with Crippen LogP contribution in [0.4, 0.5) is 9.59 Å². The van der Waals surface area contributed by atoms with E-state index in [1.807, 2.05) is 0 Å². The van der Waals surface area contributed by atoms with Gasteiger partial charge in [0.1, 0.15) is 0 Å². The first-order valence-electron chi connectivity index (χ1n) is 5.46. The summed E-state index contributed by atoms with van der Waals surface area (Å²) in [5.74, 6) is -1.32. The fourth-order valence-electron chi connectivity index (χ4n) is 1.72. The van der Waals surface area contributed by atoms with Crippen LogP contribution in [0.25, 0.3) is 0 Å². The van der Waals surface area contributed by atoms with Crippen molar-refractivity contribution in [3.05, 3.63) is 35.9 Å². The van der Waals surface area contributed by atoms with E-state index < -0.39 is 23.9 Å². The van der Waals surface area contributed by atoms with Crippen molar-refractivity contribution >= 4 is 18.0 Å². The Labute approximate surface area is 105 Å². The molecule has 96 valence electrons. The molecule has 0 heterocycles. The zero-order valence-electron chi connectivity index (χ0n) is 10.00. The van der Waals surface area contributed by atoms with Crippen LogP contribution in [0.5, 0.6) is 0 Å². The summed E-state index contributed by atoms with van der Waals surface area (Å²) in [5.41, 5.74) is 10.7. The van der Waals surface area contributed by atoms with Gasteiger partial charge in [-0.05, 0) is 12.0 Å². The van der Waals surface area contributed by atoms with Crippen LogP contribution in [0, 0.1) is 0 Å². The van der Waals surface area contributed by atoms with Gasteiger partial charge < -0.3 is 11.5 Å². The van der Waals surface area contributed by atoms with Gasteiger partial charge in [0.25, 0.3) is 0 Å². The van der Waals surface area contributed by atoms with Gasteiger partial charge in [0.15, 0.2) is 0 Å². The van der Waals surface area contributed by atoms with E-state index >= 15 is 0 Å². The van der Waals surface area contributed by atoms with Gasteiger partial charge in [0.2, 0.25) is 5.91 Å². The minimum atomic E-state index is -1.16. The molecule has 4 N–H and O–H groups in total. The Balaban J connectivity index is 3.06. The molecular weight excluding hydrogens is 234 g/mol. The van der Waals surface area contributed by atoms with Crippen LogP contribution in [0.2, 0.25) is 0 Å². The summed E-state index contributed by atoms with van der Waals surface area (Å²) in [4.78, 5) is 34.5. The summed E-state index contributed by atoms with van der Waals surface area (Å²) in [7, 11) is 0. The number of amides is 5. The standard InChI is InChI=1S/C12H15N3O3/c1-2-9(8-6-4-3-5-7-8)10(16)15(11(13)17)12(14)18/h3-7,9H,2H2,1H3,(H2,13,17)(H2,14,18). The second-order valence-electron chi connectivity index (χ2n) is 3.72. The lowest BCUT2D eigenvalue weighted by molar-refractivity contribution is -0.127. The van der Waals surface area contributed by atoms with Crippen LogP contribution in [-0.2, 0) is 4.79 Å². The van der Waals surface area contributed by atoms with Gasteiger partial charge >= 0.3 is 12.1 Å². The van der Waals surface area contributed by atoms with Crippen molar-refractivity contribution in [2.24, 2.45) is 11.5 Å². The van der Waals surface area contributed by atoms with E-state index in [0.29, 0.717) is 12.0 Å². The van der Waals surface area contributed by atoms with Crippen LogP contribution in [0.3, 0.4) is 0 Å². The first-order chi connectivity index (χ1) is 8.49. The third kappa shape index (κ3) is 2.85. The summed E-state index contributed by atoms with van der Waals surface area (Å²) in [5, 5.41) is 0. The Kier molecular flexibility index (Phi) is 4.42. The van der Waals surface area contributed by atoms with Crippen molar-refractivity contribution in [2.75, 3.05) is 0 Å². The number of nitrogens with zero attached hydrogens (tertiary/aromatic N) is 1. The van der Waals surface area contributed by atoms with E-state index in [4.69, 9.17) is 11.5 Å². The highest BCUT2D eigenvalue weighted by atomic mass is 16.2. The summed E-state index contributed by atoms with van der Waals surface area (Å²) in [6.07, 6.45) is 0.430. The number of nitrogens with two attached hydrogens (primary N) is 2. The highest BCUT2D eigenvalue weighted by Gasteiger charge is 2.31. The van der Waals surface area contributed by atoms with Gasteiger partial charge in [-0.1, -0.05) is 37.3 Å². The highest BCUT2D eigenvalue weighted by molar-refractivity contribution is 6.10. The van der Waals surface area contributed by atoms with Gasteiger partial charge in [-0.15, -0.1) is 0 Å². The van der Waals surface area contributed by atoms with Crippen molar-refractivity contribution in [3.8, 4) is 0 Å². The normalized spacial score (nSPS) is 11.6. The number of hydrogen-bond donors (Lipinski definition) is 2.